The van der Waals surface area contributed by atoms with Crippen molar-refractivity contribution in [3.8, 4) is 0 Å². The predicted octanol–water partition coefficient (Wildman–Crippen LogP) is 3.40. The van der Waals surface area contributed by atoms with Crippen molar-refractivity contribution in [2.75, 3.05) is 5.32 Å². The summed E-state index contributed by atoms with van der Waals surface area (Å²) in [5, 5.41) is 10.7. The van der Waals surface area contributed by atoms with Gasteiger partial charge in [0.15, 0.2) is 10.8 Å². The fraction of sp³-hybridized carbons (Fsp3) is 0.267. The number of aryl methyl sites for hydroxylation is 1. The number of amides is 1. The standard InChI is InChI=1S/C15H17ClN4O/c1-8(2)11-6-10(5-4-9(11)3)18-12-7-13(16)19-20-14(12)15(17)21/h4-8H,1-3H3,(H2,17,21)(H,18,19). The molecule has 0 aliphatic heterocycles. The topological polar surface area (TPSA) is 80.9 Å². The Labute approximate surface area is 128 Å². The maximum Gasteiger partial charge on any atom is 0.271 e. The van der Waals surface area contributed by atoms with Gasteiger partial charge in [0.25, 0.3) is 5.91 Å². The van der Waals surface area contributed by atoms with Gasteiger partial charge in [-0.05, 0) is 36.1 Å². The van der Waals surface area contributed by atoms with Gasteiger partial charge in [0.1, 0.15) is 0 Å². The van der Waals surface area contributed by atoms with Crippen molar-refractivity contribution in [1.29, 1.82) is 0 Å². The molecule has 0 spiro atoms. The van der Waals surface area contributed by atoms with Crippen LogP contribution in [0.25, 0.3) is 0 Å². The molecule has 110 valence electrons. The third kappa shape index (κ3) is 3.49. The number of carbonyl (C=O) groups excluding carboxylic acids is 1. The first-order chi connectivity index (χ1) is 9.88. The lowest BCUT2D eigenvalue weighted by Gasteiger charge is -2.14. The Hall–Kier alpha value is -2.14. The fourth-order valence-electron chi connectivity index (χ4n) is 2.14. The summed E-state index contributed by atoms with van der Waals surface area (Å²) in [4.78, 5) is 11.4. The first kappa shape index (κ1) is 15.3. The number of rotatable bonds is 4. The van der Waals surface area contributed by atoms with E-state index in [0.29, 0.717) is 11.6 Å². The highest BCUT2D eigenvalue weighted by molar-refractivity contribution is 6.29. The summed E-state index contributed by atoms with van der Waals surface area (Å²) in [5.41, 5.74) is 9.10. The van der Waals surface area contributed by atoms with Crippen molar-refractivity contribution in [2.24, 2.45) is 5.73 Å². The summed E-state index contributed by atoms with van der Waals surface area (Å²) in [6.45, 7) is 6.33. The number of aromatic nitrogens is 2. The van der Waals surface area contributed by atoms with Crippen molar-refractivity contribution in [1.82, 2.24) is 10.2 Å². The maximum absolute atomic E-state index is 11.4. The molecule has 0 aliphatic carbocycles. The molecule has 1 aromatic heterocycles. The van der Waals surface area contributed by atoms with E-state index in [0.717, 1.165) is 5.69 Å². The highest BCUT2D eigenvalue weighted by Crippen LogP contribution is 2.26. The zero-order valence-electron chi connectivity index (χ0n) is 12.1. The van der Waals surface area contributed by atoms with Crippen LogP contribution in [0.3, 0.4) is 0 Å². The number of primary amides is 1. The SMILES string of the molecule is Cc1ccc(Nc2cc(Cl)nnc2C(N)=O)cc1C(C)C. The van der Waals surface area contributed by atoms with E-state index in [1.54, 1.807) is 0 Å². The minimum atomic E-state index is -0.655. The number of hydrogen-bond acceptors (Lipinski definition) is 4. The molecule has 3 N–H and O–H groups in total. The molecular formula is C15H17ClN4O. The van der Waals surface area contributed by atoms with Crippen LogP contribution < -0.4 is 11.1 Å². The molecular weight excluding hydrogens is 288 g/mol. The Balaban J connectivity index is 2.40. The number of nitrogens with two attached hydrogens (primary N) is 1. The number of carbonyl (C=O) groups is 1. The van der Waals surface area contributed by atoms with E-state index >= 15 is 0 Å². The van der Waals surface area contributed by atoms with Gasteiger partial charge in [-0.15, -0.1) is 10.2 Å². The molecule has 0 fully saturated rings. The van der Waals surface area contributed by atoms with Gasteiger partial charge in [0.2, 0.25) is 0 Å². The second kappa shape index (κ2) is 6.10. The number of benzene rings is 1. The monoisotopic (exact) mass is 304 g/mol. The molecule has 6 heteroatoms. The molecule has 1 heterocycles. The van der Waals surface area contributed by atoms with E-state index in [1.807, 2.05) is 18.2 Å². The molecule has 0 radical (unpaired) electrons. The largest absolute Gasteiger partial charge is 0.364 e. The van der Waals surface area contributed by atoms with E-state index in [2.05, 4.69) is 36.3 Å². The molecule has 21 heavy (non-hydrogen) atoms. The second-order valence-corrected chi connectivity index (χ2v) is 5.53. The van der Waals surface area contributed by atoms with E-state index in [4.69, 9.17) is 17.3 Å². The van der Waals surface area contributed by atoms with E-state index in [-0.39, 0.29) is 10.8 Å². The third-order valence-corrected chi connectivity index (χ3v) is 3.36. The van der Waals surface area contributed by atoms with Crippen LogP contribution in [0.2, 0.25) is 5.15 Å². The minimum absolute atomic E-state index is 0.0612. The van der Waals surface area contributed by atoms with Crippen LogP contribution in [0, 0.1) is 6.92 Å². The normalized spacial score (nSPS) is 10.7. The maximum atomic E-state index is 11.4. The van der Waals surface area contributed by atoms with Gasteiger partial charge in [-0.3, -0.25) is 4.79 Å². The zero-order chi connectivity index (χ0) is 15.6. The van der Waals surface area contributed by atoms with Crippen LogP contribution in [0.4, 0.5) is 11.4 Å². The molecule has 0 saturated heterocycles. The van der Waals surface area contributed by atoms with Crippen molar-refractivity contribution < 1.29 is 4.79 Å². The minimum Gasteiger partial charge on any atom is -0.364 e. The number of nitrogens with one attached hydrogen (secondary N) is 1. The smallest absolute Gasteiger partial charge is 0.271 e. The lowest BCUT2D eigenvalue weighted by Crippen LogP contribution is -2.16. The van der Waals surface area contributed by atoms with Gasteiger partial charge in [-0.25, -0.2) is 0 Å². The summed E-state index contributed by atoms with van der Waals surface area (Å²) in [6.07, 6.45) is 0. The Morgan fingerprint density at radius 2 is 2.00 bits per heavy atom. The van der Waals surface area contributed by atoms with Crippen LogP contribution in [-0.2, 0) is 0 Å². The molecule has 0 bridgehead atoms. The highest BCUT2D eigenvalue weighted by Gasteiger charge is 2.13. The van der Waals surface area contributed by atoms with Crippen LogP contribution in [0.1, 0.15) is 41.4 Å². The molecule has 2 rings (SSSR count). The van der Waals surface area contributed by atoms with Crippen molar-refractivity contribution in [2.45, 2.75) is 26.7 Å². The average Bonchev–Trinajstić information content (AvgIpc) is 2.40. The summed E-state index contributed by atoms with van der Waals surface area (Å²) in [6, 6.07) is 7.53. The Bertz CT molecular complexity index is 685. The first-order valence-electron chi connectivity index (χ1n) is 6.59. The van der Waals surface area contributed by atoms with Crippen molar-refractivity contribution in [3.63, 3.8) is 0 Å². The van der Waals surface area contributed by atoms with Gasteiger partial charge in [0, 0.05) is 11.8 Å². The van der Waals surface area contributed by atoms with Crippen LogP contribution in [-0.4, -0.2) is 16.1 Å². The van der Waals surface area contributed by atoms with Gasteiger partial charge < -0.3 is 11.1 Å². The highest BCUT2D eigenvalue weighted by atomic mass is 35.5. The third-order valence-electron chi connectivity index (χ3n) is 3.18. The lowest BCUT2D eigenvalue weighted by atomic mass is 9.97. The zero-order valence-corrected chi connectivity index (χ0v) is 12.9. The molecule has 1 aromatic carbocycles. The quantitative estimate of drug-likeness (QED) is 0.907. The van der Waals surface area contributed by atoms with Crippen LogP contribution >= 0.6 is 11.6 Å². The summed E-state index contributed by atoms with van der Waals surface area (Å²) >= 11 is 5.83. The Morgan fingerprint density at radius 3 is 2.62 bits per heavy atom. The molecule has 5 nitrogen and oxygen atoms in total. The van der Waals surface area contributed by atoms with Crippen molar-refractivity contribution in [3.05, 3.63) is 46.2 Å². The molecule has 1 amide bonds. The van der Waals surface area contributed by atoms with Gasteiger partial charge in [0.05, 0.1) is 5.69 Å². The number of anilines is 2. The first-order valence-corrected chi connectivity index (χ1v) is 6.97. The van der Waals surface area contributed by atoms with Crippen LogP contribution in [0.15, 0.2) is 24.3 Å². The summed E-state index contributed by atoms with van der Waals surface area (Å²) in [7, 11) is 0. The lowest BCUT2D eigenvalue weighted by molar-refractivity contribution is 0.0995. The van der Waals surface area contributed by atoms with Gasteiger partial charge >= 0.3 is 0 Å². The molecule has 2 aromatic rings. The number of halogens is 1. The Kier molecular flexibility index (Phi) is 4.43. The molecule has 0 unspecified atom stereocenters. The van der Waals surface area contributed by atoms with E-state index in [1.165, 1.54) is 17.2 Å². The molecule has 0 aliphatic rings. The molecule has 0 atom stereocenters. The summed E-state index contributed by atoms with van der Waals surface area (Å²) < 4.78 is 0. The number of hydrogen-bond donors (Lipinski definition) is 2. The predicted molar refractivity (Wildman–Crippen MR) is 84.1 cm³/mol. The second-order valence-electron chi connectivity index (χ2n) is 5.14. The number of nitrogens with zero attached hydrogens (tertiary/aromatic N) is 2. The summed E-state index contributed by atoms with van der Waals surface area (Å²) in [5.74, 6) is -0.251. The van der Waals surface area contributed by atoms with E-state index < -0.39 is 5.91 Å². The van der Waals surface area contributed by atoms with Crippen molar-refractivity contribution >= 4 is 28.9 Å². The fourth-order valence-corrected chi connectivity index (χ4v) is 2.29. The average molecular weight is 305 g/mol. The van der Waals surface area contributed by atoms with Gasteiger partial charge in [-0.1, -0.05) is 31.5 Å². The van der Waals surface area contributed by atoms with Crippen LogP contribution in [0.5, 0.6) is 0 Å². The molecule has 0 saturated carbocycles. The van der Waals surface area contributed by atoms with E-state index in [9.17, 15) is 4.79 Å². The Morgan fingerprint density at radius 1 is 1.29 bits per heavy atom. The van der Waals surface area contributed by atoms with Gasteiger partial charge in [-0.2, -0.15) is 0 Å².